The van der Waals surface area contributed by atoms with Crippen LogP contribution in [0.1, 0.15) is 52.0 Å². The summed E-state index contributed by atoms with van der Waals surface area (Å²) in [6.45, 7) is 6.24. The minimum absolute atomic E-state index is 0.340. The lowest BCUT2D eigenvalue weighted by Crippen LogP contribution is -2.32. The fraction of sp³-hybridized carbons (Fsp3) is 0.625. The van der Waals surface area contributed by atoms with Crippen LogP contribution in [0.2, 0.25) is 0 Å². The second-order valence-corrected chi connectivity index (χ2v) is 6.22. The standard InChI is InChI=1S/C16H27N3O2/c1-16(2,3)21-15(20)19-9-7-5-4-6-8-13-10-14(17)12-18-11-13/h10-12H,4-9,17H2,1-3H3,(H,19,20). The minimum atomic E-state index is -0.435. The molecule has 5 nitrogen and oxygen atoms in total. The van der Waals surface area contributed by atoms with E-state index in [0.717, 1.165) is 32.1 Å². The molecular formula is C16H27N3O2. The van der Waals surface area contributed by atoms with Gasteiger partial charge in [0.25, 0.3) is 0 Å². The molecule has 5 heteroatoms. The number of carbonyl (C=O) groups excluding carboxylic acids is 1. The maximum Gasteiger partial charge on any atom is 0.407 e. The van der Waals surface area contributed by atoms with Crippen LogP contribution in [0.3, 0.4) is 0 Å². The summed E-state index contributed by atoms with van der Waals surface area (Å²) in [7, 11) is 0. The second kappa shape index (κ2) is 8.49. The van der Waals surface area contributed by atoms with Gasteiger partial charge in [0.1, 0.15) is 5.60 Å². The number of nitrogens with one attached hydrogen (secondary N) is 1. The number of hydrogen-bond donors (Lipinski definition) is 2. The molecule has 21 heavy (non-hydrogen) atoms. The van der Waals surface area contributed by atoms with Crippen LogP contribution in [0.5, 0.6) is 0 Å². The first-order valence-electron chi connectivity index (χ1n) is 7.53. The molecule has 0 aliphatic rings. The highest BCUT2D eigenvalue weighted by Crippen LogP contribution is 2.10. The molecule has 0 bridgehead atoms. The molecule has 0 aliphatic heterocycles. The molecule has 0 atom stereocenters. The average molecular weight is 293 g/mol. The first kappa shape index (κ1) is 17.3. The number of amides is 1. The number of pyridine rings is 1. The lowest BCUT2D eigenvalue weighted by atomic mass is 10.1. The first-order valence-corrected chi connectivity index (χ1v) is 7.53. The van der Waals surface area contributed by atoms with Crippen molar-refractivity contribution in [2.75, 3.05) is 12.3 Å². The van der Waals surface area contributed by atoms with E-state index in [0.29, 0.717) is 12.2 Å². The molecule has 0 unspecified atom stereocenters. The van der Waals surface area contributed by atoms with Crippen LogP contribution in [0, 0.1) is 0 Å². The van der Waals surface area contributed by atoms with Crippen molar-refractivity contribution in [3.05, 3.63) is 24.0 Å². The molecule has 1 aromatic rings. The van der Waals surface area contributed by atoms with Gasteiger partial charge in [-0.3, -0.25) is 4.98 Å². The van der Waals surface area contributed by atoms with Crippen LogP contribution in [0.4, 0.5) is 10.5 Å². The molecule has 1 amide bonds. The van der Waals surface area contributed by atoms with Crippen LogP contribution in [-0.4, -0.2) is 23.2 Å². The van der Waals surface area contributed by atoms with Gasteiger partial charge in [-0.15, -0.1) is 0 Å². The van der Waals surface area contributed by atoms with Crippen molar-refractivity contribution in [3.63, 3.8) is 0 Å². The third-order valence-electron chi connectivity index (χ3n) is 2.88. The van der Waals surface area contributed by atoms with E-state index in [-0.39, 0.29) is 6.09 Å². The van der Waals surface area contributed by atoms with Gasteiger partial charge in [-0.05, 0) is 51.7 Å². The number of aryl methyl sites for hydroxylation is 1. The highest BCUT2D eigenvalue weighted by atomic mass is 16.6. The van der Waals surface area contributed by atoms with Crippen molar-refractivity contribution in [1.29, 1.82) is 0 Å². The molecule has 0 saturated carbocycles. The van der Waals surface area contributed by atoms with E-state index in [1.807, 2.05) is 33.0 Å². The summed E-state index contributed by atoms with van der Waals surface area (Å²) in [5.74, 6) is 0. The van der Waals surface area contributed by atoms with Gasteiger partial charge >= 0.3 is 6.09 Å². The lowest BCUT2D eigenvalue weighted by molar-refractivity contribution is 0.0527. The number of rotatable bonds is 7. The van der Waals surface area contributed by atoms with Gasteiger partial charge in [-0.25, -0.2) is 4.79 Å². The number of nitrogens with zero attached hydrogens (tertiary/aromatic N) is 1. The predicted molar refractivity (Wildman–Crippen MR) is 85.1 cm³/mol. The number of hydrogen-bond acceptors (Lipinski definition) is 4. The SMILES string of the molecule is CC(C)(C)OC(=O)NCCCCCCc1cncc(N)c1. The van der Waals surface area contributed by atoms with E-state index in [1.54, 1.807) is 6.20 Å². The Hall–Kier alpha value is -1.78. The van der Waals surface area contributed by atoms with Gasteiger partial charge in [-0.2, -0.15) is 0 Å². The Morgan fingerprint density at radius 3 is 2.62 bits per heavy atom. The van der Waals surface area contributed by atoms with E-state index in [4.69, 9.17) is 10.5 Å². The summed E-state index contributed by atoms with van der Waals surface area (Å²) in [5, 5.41) is 2.77. The molecule has 0 aliphatic carbocycles. The van der Waals surface area contributed by atoms with Gasteiger partial charge in [0.2, 0.25) is 0 Å². The molecule has 1 aromatic heterocycles. The van der Waals surface area contributed by atoms with E-state index < -0.39 is 5.60 Å². The second-order valence-electron chi connectivity index (χ2n) is 6.22. The van der Waals surface area contributed by atoms with Gasteiger partial charge in [0.15, 0.2) is 0 Å². The van der Waals surface area contributed by atoms with Gasteiger partial charge in [-0.1, -0.05) is 12.8 Å². The van der Waals surface area contributed by atoms with Crippen LogP contribution >= 0.6 is 0 Å². The molecule has 0 fully saturated rings. The van der Waals surface area contributed by atoms with Gasteiger partial charge < -0.3 is 15.8 Å². The van der Waals surface area contributed by atoms with Crippen molar-refractivity contribution in [3.8, 4) is 0 Å². The van der Waals surface area contributed by atoms with Crippen molar-refractivity contribution < 1.29 is 9.53 Å². The zero-order valence-electron chi connectivity index (χ0n) is 13.3. The van der Waals surface area contributed by atoms with E-state index in [2.05, 4.69) is 10.3 Å². The predicted octanol–water partition coefficient (Wildman–Crippen LogP) is 3.29. The molecule has 0 spiro atoms. The molecule has 1 rings (SSSR count). The number of carbonyl (C=O) groups is 1. The Balaban J connectivity index is 2.01. The summed E-state index contributed by atoms with van der Waals surface area (Å²) in [6, 6.07) is 1.97. The third-order valence-corrected chi connectivity index (χ3v) is 2.88. The maximum atomic E-state index is 11.4. The minimum Gasteiger partial charge on any atom is -0.444 e. The molecule has 1 heterocycles. The number of nitrogens with two attached hydrogens (primary N) is 1. The smallest absolute Gasteiger partial charge is 0.407 e. The van der Waals surface area contributed by atoms with E-state index >= 15 is 0 Å². The topological polar surface area (TPSA) is 77.2 Å². The summed E-state index contributed by atoms with van der Waals surface area (Å²) in [5.41, 5.74) is 7.15. The molecule has 0 radical (unpaired) electrons. The van der Waals surface area contributed by atoms with Crippen molar-refractivity contribution in [2.24, 2.45) is 0 Å². The fourth-order valence-electron chi connectivity index (χ4n) is 1.96. The summed E-state index contributed by atoms with van der Waals surface area (Å²) in [6.07, 6.45) is 8.47. The van der Waals surface area contributed by atoms with Gasteiger partial charge in [0, 0.05) is 18.9 Å². The lowest BCUT2D eigenvalue weighted by Gasteiger charge is -2.19. The Kier molecular flexibility index (Phi) is 6.99. The van der Waals surface area contributed by atoms with Crippen molar-refractivity contribution in [1.82, 2.24) is 10.3 Å². The maximum absolute atomic E-state index is 11.4. The quantitative estimate of drug-likeness (QED) is 0.756. The van der Waals surface area contributed by atoms with E-state index in [1.165, 1.54) is 5.56 Å². The summed E-state index contributed by atoms with van der Waals surface area (Å²) in [4.78, 5) is 15.5. The highest BCUT2D eigenvalue weighted by Gasteiger charge is 2.15. The Bertz CT molecular complexity index is 441. The average Bonchev–Trinajstić information content (AvgIpc) is 2.35. The van der Waals surface area contributed by atoms with E-state index in [9.17, 15) is 4.79 Å². The Morgan fingerprint density at radius 2 is 1.95 bits per heavy atom. The third kappa shape index (κ3) is 8.89. The number of nitrogen functional groups attached to an aromatic ring is 1. The van der Waals surface area contributed by atoms with Crippen molar-refractivity contribution in [2.45, 2.75) is 58.5 Å². The number of aromatic nitrogens is 1. The molecular weight excluding hydrogens is 266 g/mol. The normalized spacial score (nSPS) is 11.2. The first-order chi connectivity index (χ1) is 9.87. The molecule has 118 valence electrons. The van der Waals surface area contributed by atoms with Crippen LogP contribution in [0.25, 0.3) is 0 Å². The number of unbranched alkanes of at least 4 members (excludes halogenated alkanes) is 3. The van der Waals surface area contributed by atoms with Crippen LogP contribution in [0.15, 0.2) is 18.5 Å². The molecule has 0 saturated heterocycles. The monoisotopic (exact) mass is 293 g/mol. The zero-order chi connectivity index (χ0) is 15.7. The molecule has 0 aromatic carbocycles. The number of alkyl carbamates (subject to hydrolysis) is 1. The highest BCUT2D eigenvalue weighted by molar-refractivity contribution is 5.67. The fourth-order valence-corrected chi connectivity index (χ4v) is 1.96. The summed E-state index contributed by atoms with van der Waals surface area (Å²) >= 11 is 0. The van der Waals surface area contributed by atoms with Gasteiger partial charge in [0.05, 0.1) is 5.69 Å². The van der Waals surface area contributed by atoms with Crippen molar-refractivity contribution >= 4 is 11.8 Å². The number of anilines is 1. The largest absolute Gasteiger partial charge is 0.444 e. The molecule has 3 N–H and O–H groups in total. The zero-order valence-corrected chi connectivity index (χ0v) is 13.3. The number of ether oxygens (including phenoxy) is 1. The Morgan fingerprint density at radius 1 is 1.24 bits per heavy atom. The Labute approximate surface area is 127 Å². The summed E-state index contributed by atoms with van der Waals surface area (Å²) < 4.78 is 5.17. The van der Waals surface area contributed by atoms with Crippen LogP contribution < -0.4 is 11.1 Å². The van der Waals surface area contributed by atoms with Crippen LogP contribution in [-0.2, 0) is 11.2 Å².